The van der Waals surface area contributed by atoms with Gasteiger partial charge in [-0.15, -0.1) is 0 Å². The highest BCUT2D eigenvalue weighted by Crippen LogP contribution is 2.20. The minimum atomic E-state index is -0.113. The topological polar surface area (TPSA) is 62.6 Å². The molecule has 3 N–H and O–H groups in total. The van der Waals surface area contributed by atoms with Crippen molar-refractivity contribution in [1.29, 1.82) is 0 Å². The highest BCUT2D eigenvalue weighted by molar-refractivity contribution is 6.35. The van der Waals surface area contributed by atoms with E-state index in [0.29, 0.717) is 35.2 Å². The van der Waals surface area contributed by atoms with Crippen molar-refractivity contribution in [2.75, 3.05) is 20.6 Å². The van der Waals surface area contributed by atoms with Crippen molar-refractivity contribution in [2.45, 2.75) is 13.1 Å². The number of halogens is 2. The smallest absolute Gasteiger partial charge is 0.275 e. The first-order valence-electron chi connectivity index (χ1n) is 8.22. The maximum Gasteiger partial charge on any atom is 0.275 e. The molecule has 2 aromatic carbocycles. The van der Waals surface area contributed by atoms with Crippen LogP contribution in [0.4, 0.5) is 0 Å². The Morgan fingerprint density at radius 1 is 1.08 bits per heavy atom. The molecule has 0 aliphatic rings. The number of carbonyl (C=O) groups is 2. The van der Waals surface area contributed by atoms with Gasteiger partial charge in [-0.2, -0.15) is 0 Å². The van der Waals surface area contributed by atoms with E-state index in [2.05, 4.69) is 10.6 Å². The fourth-order valence-electron chi connectivity index (χ4n) is 2.52. The van der Waals surface area contributed by atoms with Crippen LogP contribution in [0.3, 0.4) is 0 Å². The van der Waals surface area contributed by atoms with Gasteiger partial charge in [0.1, 0.15) is 6.54 Å². The van der Waals surface area contributed by atoms with E-state index in [1.165, 1.54) is 0 Å². The number of likely N-dealkylation sites (N-methyl/N-ethyl adjacent to an activating group) is 1. The van der Waals surface area contributed by atoms with E-state index in [1.807, 2.05) is 19.2 Å². The summed E-state index contributed by atoms with van der Waals surface area (Å²) >= 11 is 12.0. The van der Waals surface area contributed by atoms with E-state index in [4.69, 9.17) is 23.2 Å². The zero-order valence-corrected chi connectivity index (χ0v) is 16.2. The summed E-state index contributed by atoms with van der Waals surface area (Å²) in [6, 6.07) is 12.6. The molecule has 2 rings (SSSR count). The van der Waals surface area contributed by atoms with Gasteiger partial charge in [0.15, 0.2) is 6.54 Å². The van der Waals surface area contributed by atoms with Gasteiger partial charge in [0.2, 0.25) is 0 Å². The summed E-state index contributed by atoms with van der Waals surface area (Å²) in [5.74, 6) is -0.173. The normalized spacial score (nSPS) is 11.7. The quantitative estimate of drug-likeness (QED) is 0.668. The maximum absolute atomic E-state index is 12.1. The average molecular weight is 395 g/mol. The van der Waals surface area contributed by atoms with Crippen LogP contribution >= 0.6 is 23.2 Å². The van der Waals surface area contributed by atoms with E-state index in [0.717, 1.165) is 16.0 Å². The largest absolute Gasteiger partial charge is 0.355 e. The van der Waals surface area contributed by atoms with Crippen LogP contribution in [0, 0.1) is 0 Å². The molecule has 0 heterocycles. The fraction of sp³-hybridized carbons (Fsp3) is 0.263. The number of rotatable bonds is 7. The molecule has 0 aromatic heterocycles. The molecule has 0 aliphatic heterocycles. The number of hydrogen-bond donors (Lipinski definition) is 3. The molecule has 138 valence electrons. The Morgan fingerprint density at radius 3 is 2.38 bits per heavy atom. The lowest BCUT2D eigenvalue weighted by atomic mass is 10.1. The summed E-state index contributed by atoms with van der Waals surface area (Å²) in [4.78, 5) is 24.7. The van der Waals surface area contributed by atoms with Gasteiger partial charge >= 0.3 is 0 Å². The van der Waals surface area contributed by atoms with Gasteiger partial charge in [-0.3, -0.25) is 9.59 Å². The first-order chi connectivity index (χ1) is 12.4. The first-order valence-corrected chi connectivity index (χ1v) is 8.97. The molecule has 0 saturated carbocycles. The molecule has 1 atom stereocenters. The van der Waals surface area contributed by atoms with Crippen LogP contribution in [0.5, 0.6) is 0 Å². The molecule has 5 nitrogen and oxygen atoms in total. The van der Waals surface area contributed by atoms with E-state index in [-0.39, 0.29) is 11.8 Å². The van der Waals surface area contributed by atoms with Gasteiger partial charge in [-0.1, -0.05) is 41.4 Å². The van der Waals surface area contributed by atoms with Crippen molar-refractivity contribution >= 4 is 35.0 Å². The highest BCUT2D eigenvalue weighted by atomic mass is 35.5. The van der Waals surface area contributed by atoms with E-state index >= 15 is 0 Å². The second-order valence-corrected chi connectivity index (χ2v) is 6.94. The SMILES string of the molecule is CNC(=O)c1ccc(C[NH+](C)CC(=O)NCc2ccc(Cl)cc2Cl)cc1. The molecular weight excluding hydrogens is 373 g/mol. The zero-order valence-electron chi connectivity index (χ0n) is 14.7. The molecule has 0 saturated heterocycles. The monoisotopic (exact) mass is 394 g/mol. The molecule has 0 aliphatic carbocycles. The van der Waals surface area contributed by atoms with E-state index in [1.54, 1.807) is 37.4 Å². The number of carbonyl (C=O) groups excluding carboxylic acids is 2. The van der Waals surface area contributed by atoms with Gasteiger partial charge in [0.25, 0.3) is 11.8 Å². The minimum Gasteiger partial charge on any atom is -0.355 e. The Morgan fingerprint density at radius 2 is 1.77 bits per heavy atom. The zero-order chi connectivity index (χ0) is 19.1. The molecule has 2 aromatic rings. The van der Waals surface area contributed by atoms with Gasteiger partial charge in [0, 0.05) is 34.8 Å². The summed E-state index contributed by atoms with van der Waals surface area (Å²) in [6.45, 7) is 1.38. The maximum atomic E-state index is 12.1. The molecule has 0 fully saturated rings. The molecule has 0 bridgehead atoms. The number of amides is 2. The lowest BCUT2D eigenvalue weighted by Gasteiger charge is -2.14. The second-order valence-electron chi connectivity index (χ2n) is 6.10. The molecule has 1 unspecified atom stereocenters. The van der Waals surface area contributed by atoms with Gasteiger partial charge < -0.3 is 15.5 Å². The van der Waals surface area contributed by atoms with Crippen LogP contribution in [0.25, 0.3) is 0 Å². The third kappa shape index (κ3) is 6.02. The first kappa shape index (κ1) is 20.2. The molecule has 2 amide bonds. The van der Waals surface area contributed by atoms with Gasteiger partial charge in [-0.05, 0) is 29.8 Å². The van der Waals surface area contributed by atoms with Crippen LogP contribution in [-0.2, 0) is 17.9 Å². The third-order valence-corrected chi connectivity index (χ3v) is 4.49. The standard InChI is InChI=1S/C19H21Cl2N3O2/c1-22-19(26)14-5-3-13(4-6-14)11-24(2)12-18(25)23-10-15-7-8-16(20)9-17(15)21/h3-9H,10-12H2,1-2H3,(H,22,26)(H,23,25)/p+1. The summed E-state index contributed by atoms with van der Waals surface area (Å²) in [5, 5.41) is 6.56. The van der Waals surface area contributed by atoms with Crippen LogP contribution in [0.2, 0.25) is 10.0 Å². The van der Waals surface area contributed by atoms with Crippen molar-refractivity contribution in [3.8, 4) is 0 Å². The van der Waals surface area contributed by atoms with Crippen LogP contribution in [0.15, 0.2) is 42.5 Å². The highest BCUT2D eigenvalue weighted by Gasteiger charge is 2.12. The van der Waals surface area contributed by atoms with Crippen molar-refractivity contribution in [3.05, 3.63) is 69.2 Å². The Balaban J connectivity index is 1.82. The predicted octanol–water partition coefficient (Wildman–Crippen LogP) is 1.68. The molecule has 0 spiro atoms. The van der Waals surface area contributed by atoms with E-state index < -0.39 is 0 Å². The molecule has 26 heavy (non-hydrogen) atoms. The minimum absolute atomic E-state index is 0.0597. The van der Waals surface area contributed by atoms with Gasteiger partial charge in [0.05, 0.1) is 7.05 Å². The Kier molecular flexibility index (Phi) is 7.45. The summed E-state index contributed by atoms with van der Waals surface area (Å²) in [5.41, 5.74) is 2.50. The van der Waals surface area contributed by atoms with Crippen molar-refractivity contribution in [2.24, 2.45) is 0 Å². The Hall–Kier alpha value is -2.08. The number of quaternary nitrogens is 1. The number of hydrogen-bond acceptors (Lipinski definition) is 2. The summed E-state index contributed by atoms with van der Waals surface area (Å²) in [6.07, 6.45) is 0. The van der Waals surface area contributed by atoms with Gasteiger partial charge in [-0.25, -0.2) is 0 Å². The van der Waals surface area contributed by atoms with Crippen LogP contribution in [0.1, 0.15) is 21.5 Å². The van der Waals surface area contributed by atoms with Crippen molar-refractivity contribution in [1.82, 2.24) is 10.6 Å². The van der Waals surface area contributed by atoms with Crippen molar-refractivity contribution in [3.63, 3.8) is 0 Å². The lowest BCUT2D eigenvalue weighted by Crippen LogP contribution is -3.08. The van der Waals surface area contributed by atoms with E-state index in [9.17, 15) is 9.59 Å². The molecule has 0 radical (unpaired) electrons. The van der Waals surface area contributed by atoms with Crippen LogP contribution < -0.4 is 15.5 Å². The van der Waals surface area contributed by atoms with Crippen LogP contribution in [-0.4, -0.2) is 32.5 Å². The number of benzene rings is 2. The Bertz CT molecular complexity index is 779. The summed E-state index contributed by atoms with van der Waals surface area (Å²) < 4.78 is 0. The molecular formula is C19H22Cl2N3O2+. The summed E-state index contributed by atoms with van der Waals surface area (Å²) in [7, 11) is 3.55. The fourth-order valence-corrected chi connectivity index (χ4v) is 3.00. The Labute approximate surface area is 163 Å². The van der Waals surface area contributed by atoms with Crippen molar-refractivity contribution < 1.29 is 14.5 Å². The second kappa shape index (κ2) is 9.57. The molecule has 7 heteroatoms. The lowest BCUT2D eigenvalue weighted by molar-refractivity contribution is -0.885. The number of nitrogens with one attached hydrogen (secondary N) is 3. The average Bonchev–Trinajstić information content (AvgIpc) is 2.60. The predicted molar refractivity (Wildman–Crippen MR) is 104 cm³/mol. The third-order valence-electron chi connectivity index (χ3n) is 3.90.